The van der Waals surface area contributed by atoms with Gasteiger partial charge in [-0.25, -0.2) is 9.79 Å². The van der Waals surface area contributed by atoms with E-state index in [1.807, 2.05) is 73.3 Å². The van der Waals surface area contributed by atoms with E-state index in [2.05, 4.69) is 11.1 Å². The zero-order chi connectivity index (χ0) is 25.4. The zero-order valence-corrected chi connectivity index (χ0v) is 21.5. The minimum absolute atomic E-state index is 0.195. The Morgan fingerprint density at radius 3 is 2.58 bits per heavy atom. The number of ether oxygens (including phenoxy) is 2. The lowest BCUT2D eigenvalue weighted by Crippen LogP contribution is -2.39. The van der Waals surface area contributed by atoms with Crippen molar-refractivity contribution in [2.45, 2.75) is 26.8 Å². The number of allylic oxidation sites excluding steroid dienone is 1. The van der Waals surface area contributed by atoms with Crippen LogP contribution in [0.25, 0.3) is 17.0 Å². The van der Waals surface area contributed by atoms with Crippen LogP contribution in [0.3, 0.4) is 0 Å². The molecule has 184 valence electrons. The van der Waals surface area contributed by atoms with Gasteiger partial charge in [-0.3, -0.25) is 9.36 Å². The van der Waals surface area contributed by atoms with E-state index in [4.69, 9.17) is 9.47 Å². The topological polar surface area (TPSA) is 74.8 Å². The predicted molar refractivity (Wildman–Crippen MR) is 141 cm³/mol. The van der Waals surface area contributed by atoms with Crippen molar-refractivity contribution >= 4 is 34.3 Å². The molecular weight excluding hydrogens is 474 g/mol. The maximum absolute atomic E-state index is 13.8. The van der Waals surface area contributed by atoms with Gasteiger partial charge in [0, 0.05) is 29.7 Å². The molecule has 36 heavy (non-hydrogen) atoms. The Hall–Kier alpha value is -3.91. The Labute approximate surface area is 212 Å². The number of carbonyl (C=O) groups excluding carboxylic acids is 1. The summed E-state index contributed by atoms with van der Waals surface area (Å²) in [7, 11) is 1.99. The second kappa shape index (κ2) is 9.62. The van der Waals surface area contributed by atoms with Crippen LogP contribution < -0.4 is 19.6 Å². The molecule has 1 aliphatic rings. The van der Waals surface area contributed by atoms with Crippen LogP contribution in [-0.2, 0) is 16.6 Å². The van der Waals surface area contributed by atoms with Gasteiger partial charge in [0.2, 0.25) is 0 Å². The highest BCUT2D eigenvalue weighted by atomic mass is 32.1. The van der Waals surface area contributed by atoms with Crippen molar-refractivity contribution in [3.8, 4) is 5.75 Å². The Bertz CT molecular complexity index is 1670. The number of esters is 1. The fraction of sp³-hybridized carbons (Fsp3) is 0.250. The first-order valence-corrected chi connectivity index (χ1v) is 12.7. The molecule has 0 aliphatic carbocycles. The SMILES string of the molecule is CCOC(=O)C1=C(C)N=c2s/c(=C\c3cn(C)c4ccccc34)c(=O)n2C1c1ccc(OCC)cc1. The Morgan fingerprint density at radius 1 is 1.11 bits per heavy atom. The van der Waals surface area contributed by atoms with Gasteiger partial charge in [0.1, 0.15) is 5.75 Å². The molecule has 0 saturated heterocycles. The molecule has 2 aromatic heterocycles. The predicted octanol–water partition coefficient (Wildman–Crippen LogP) is 3.69. The Morgan fingerprint density at radius 2 is 1.86 bits per heavy atom. The highest BCUT2D eigenvalue weighted by Crippen LogP contribution is 2.31. The van der Waals surface area contributed by atoms with Gasteiger partial charge >= 0.3 is 5.97 Å². The van der Waals surface area contributed by atoms with E-state index >= 15 is 0 Å². The summed E-state index contributed by atoms with van der Waals surface area (Å²) in [6.07, 6.45) is 3.92. The van der Waals surface area contributed by atoms with Crippen molar-refractivity contribution in [1.29, 1.82) is 0 Å². The van der Waals surface area contributed by atoms with Crippen LogP contribution in [0.15, 0.2) is 75.8 Å². The van der Waals surface area contributed by atoms with Gasteiger partial charge in [-0.15, -0.1) is 0 Å². The molecule has 0 saturated carbocycles. The molecule has 1 atom stereocenters. The maximum Gasteiger partial charge on any atom is 0.338 e. The van der Waals surface area contributed by atoms with Crippen molar-refractivity contribution in [1.82, 2.24) is 9.13 Å². The molecular formula is C28H27N3O4S. The third-order valence-corrected chi connectivity index (χ3v) is 7.22. The highest BCUT2D eigenvalue weighted by molar-refractivity contribution is 7.07. The lowest BCUT2D eigenvalue weighted by Gasteiger charge is -2.24. The molecule has 3 heterocycles. The maximum atomic E-state index is 13.8. The number of fused-ring (bicyclic) bond motifs is 2. The number of aromatic nitrogens is 2. The van der Waals surface area contributed by atoms with Crippen LogP contribution in [0.1, 0.15) is 37.9 Å². The first-order valence-electron chi connectivity index (χ1n) is 11.9. The highest BCUT2D eigenvalue weighted by Gasteiger charge is 2.33. The van der Waals surface area contributed by atoms with E-state index in [1.165, 1.54) is 11.3 Å². The van der Waals surface area contributed by atoms with Crippen LogP contribution in [0, 0.1) is 0 Å². The van der Waals surface area contributed by atoms with Gasteiger partial charge in [-0.05, 0) is 50.6 Å². The molecule has 5 rings (SSSR count). The molecule has 0 amide bonds. The minimum atomic E-state index is -0.648. The largest absolute Gasteiger partial charge is 0.494 e. The average molecular weight is 502 g/mol. The number of carbonyl (C=O) groups is 1. The summed E-state index contributed by atoms with van der Waals surface area (Å²) < 4.78 is 15.2. The lowest BCUT2D eigenvalue weighted by atomic mass is 9.96. The number of aryl methyl sites for hydroxylation is 1. The van der Waals surface area contributed by atoms with Crippen LogP contribution >= 0.6 is 11.3 Å². The standard InChI is InChI=1S/C28H27N3O4S/c1-5-34-20-13-11-18(12-14-20)25-24(27(33)35-6-2)17(3)29-28-31(25)26(32)23(36-28)15-19-16-30(4)22-10-8-7-9-21(19)22/h7-16,25H,5-6H2,1-4H3/b23-15-. The van der Waals surface area contributed by atoms with Gasteiger partial charge in [-0.2, -0.15) is 0 Å². The summed E-state index contributed by atoms with van der Waals surface area (Å²) in [5, 5.41) is 1.07. The second-order valence-electron chi connectivity index (χ2n) is 8.52. The smallest absolute Gasteiger partial charge is 0.338 e. The normalized spacial score (nSPS) is 15.7. The fourth-order valence-electron chi connectivity index (χ4n) is 4.65. The molecule has 2 aromatic carbocycles. The van der Waals surface area contributed by atoms with Crippen molar-refractivity contribution in [2.75, 3.05) is 13.2 Å². The number of benzene rings is 2. The number of thiazole rings is 1. The molecule has 0 N–H and O–H groups in total. The van der Waals surface area contributed by atoms with E-state index in [0.29, 0.717) is 27.2 Å². The fourth-order valence-corrected chi connectivity index (χ4v) is 5.69. The molecule has 7 nitrogen and oxygen atoms in total. The van der Waals surface area contributed by atoms with Gasteiger partial charge in [0.15, 0.2) is 4.80 Å². The summed E-state index contributed by atoms with van der Waals surface area (Å²) in [5.41, 5.74) is 3.55. The monoisotopic (exact) mass is 501 g/mol. The quantitative estimate of drug-likeness (QED) is 0.378. The number of hydrogen-bond donors (Lipinski definition) is 0. The molecule has 4 aromatic rings. The second-order valence-corrected chi connectivity index (χ2v) is 9.53. The molecule has 0 fully saturated rings. The van der Waals surface area contributed by atoms with Crippen molar-refractivity contribution in [2.24, 2.45) is 12.0 Å². The molecule has 1 aliphatic heterocycles. The van der Waals surface area contributed by atoms with E-state index in [9.17, 15) is 9.59 Å². The molecule has 1 unspecified atom stereocenters. The third-order valence-electron chi connectivity index (χ3n) is 6.24. The van der Waals surface area contributed by atoms with Gasteiger partial charge in [-0.1, -0.05) is 41.7 Å². The summed E-state index contributed by atoms with van der Waals surface area (Å²) >= 11 is 1.32. The third kappa shape index (κ3) is 4.07. The first kappa shape index (κ1) is 23.8. The van der Waals surface area contributed by atoms with Gasteiger partial charge < -0.3 is 14.0 Å². The van der Waals surface area contributed by atoms with Crippen molar-refractivity contribution in [3.05, 3.63) is 96.8 Å². The minimum Gasteiger partial charge on any atom is -0.494 e. The van der Waals surface area contributed by atoms with Crippen LogP contribution in [0.4, 0.5) is 0 Å². The van der Waals surface area contributed by atoms with Gasteiger partial charge in [0.05, 0.1) is 35.1 Å². The molecule has 0 radical (unpaired) electrons. The Balaban J connectivity index is 1.71. The molecule has 8 heteroatoms. The van der Waals surface area contributed by atoms with Crippen LogP contribution in [0.5, 0.6) is 5.75 Å². The summed E-state index contributed by atoms with van der Waals surface area (Å²) in [6, 6.07) is 14.9. The average Bonchev–Trinajstić information content (AvgIpc) is 3.35. The molecule has 0 spiro atoms. The zero-order valence-electron chi connectivity index (χ0n) is 20.6. The summed E-state index contributed by atoms with van der Waals surface area (Å²) in [5.74, 6) is 0.254. The van der Waals surface area contributed by atoms with Crippen molar-refractivity contribution < 1.29 is 14.3 Å². The summed E-state index contributed by atoms with van der Waals surface area (Å²) in [6.45, 7) is 6.26. The summed E-state index contributed by atoms with van der Waals surface area (Å²) in [4.78, 5) is 32.1. The van der Waals surface area contributed by atoms with Gasteiger partial charge in [0.25, 0.3) is 5.56 Å². The first-order chi connectivity index (χ1) is 17.4. The van der Waals surface area contributed by atoms with Crippen molar-refractivity contribution in [3.63, 3.8) is 0 Å². The molecule has 0 bridgehead atoms. The number of para-hydroxylation sites is 1. The van der Waals surface area contributed by atoms with E-state index in [-0.39, 0.29) is 12.2 Å². The number of hydrogen-bond acceptors (Lipinski definition) is 6. The lowest BCUT2D eigenvalue weighted by molar-refractivity contribution is -0.139. The number of rotatable bonds is 6. The van der Waals surface area contributed by atoms with E-state index in [0.717, 1.165) is 27.8 Å². The Kier molecular flexibility index (Phi) is 6.36. The van der Waals surface area contributed by atoms with E-state index < -0.39 is 12.0 Å². The van der Waals surface area contributed by atoms with Crippen LogP contribution in [0.2, 0.25) is 0 Å². The number of nitrogens with zero attached hydrogens (tertiary/aromatic N) is 3. The van der Waals surface area contributed by atoms with E-state index in [1.54, 1.807) is 18.4 Å². The van der Waals surface area contributed by atoms with Crippen LogP contribution in [-0.4, -0.2) is 28.3 Å².